The number of rotatable bonds is 5. The van der Waals surface area contributed by atoms with Crippen molar-refractivity contribution in [3.05, 3.63) is 52.3 Å². The molecule has 0 bridgehead atoms. The second-order valence-electron chi connectivity index (χ2n) is 4.24. The van der Waals surface area contributed by atoms with Crippen molar-refractivity contribution in [2.45, 2.75) is 13.3 Å². The molecule has 0 amide bonds. The Labute approximate surface area is 115 Å². The summed E-state index contributed by atoms with van der Waals surface area (Å²) < 4.78 is 5.02. The average molecular weight is 274 g/mol. The highest BCUT2D eigenvalue weighted by Gasteiger charge is 2.11. The molecule has 6 nitrogen and oxygen atoms in total. The maximum Gasteiger partial charge on any atom is 0.354 e. The molecular weight excluding hydrogens is 260 g/mol. The minimum atomic E-state index is -0.450. The lowest BCUT2D eigenvalue weighted by atomic mass is 10.1. The number of H-pyrrole nitrogens is 1. The first-order valence-electron chi connectivity index (χ1n) is 6.22. The number of aromatic amines is 1. The Balaban J connectivity index is 2.16. The van der Waals surface area contributed by atoms with E-state index >= 15 is 0 Å². The van der Waals surface area contributed by atoms with Crippen molar-refractivity contribution in [3.8, 4) is 11.1 Å². The molecule has 0 fully saturated rings. The molecule has 0 atom stereocenters. The van der Waals surface area contributed by atoms with Gasteiger partial charge in [-0.1, -0.05) is 6.92 Å². The fourth-order valence-electron chi connectivity index (χ4n) is 1.73. The fourth-order valence-corrected chi connectivity index (χ4v) is 1.73. The van der Waals surface area contributed by atoms with E-state index in [1.165, 1.54) is 12.1 Å². The van der Waals surface area contributed by atoms with E-state index in [2.05, 4.69) is 4.98 Å². The van der Waals surface area contributed by atoms with E-state index in [9.17, 15) is 14.9 Å². The van der Waals surface area contributed by atoms with E-state index in [0.717, 1.165) is 17.5 Å². The molecule has 20 heavy (non-hydrogen) atoms. The molecule has 0 radical (unpaired) electrons. The third-order valence-electron chi connectivity index (χ3n) is 2.75. The molecule has 0 spiro atoms. The van der Waals surface area contributed by atoms with Crippen molar-refractivity contribution in [2.75, 3.05) is 6.61 Å². The molecule has 2 aromatic rings. The van der Waals surface area contributed by atoms with Gasteiger partial charge < -0.3 is 9.72 Å². The van der Waals surface area contributed by atoms with Gasteiger partial charge in [-0.05, 0) is 30.2 Å². The standard InChI is InChI=1S/C14H14N2O4/c1-2-7-20-14(17)13-8-11(9-15-13)10-3-5-12(6-4-10)16(18)19/h3-6,8-9,15H,2,7H2,1H3. The van der Waals surface area contributed by atoms with E-state index in [4.69, 9.17) is 4.74 Å². The van der Waals surface area contributed by atoms with Crippen LogP contribution in [0.5, 0.6) is 0 Å². The Kier molecular flexibility index (Phi) is 4.14. The van der Waals surface area contributed by atoms with Crippen LogP contribution in [0.2, 0.25) is 0 Å². The number of esters is 1. The van der Waals surface area contributed by atoms with Gasteiger partial charge in [-0.2, -0.15) is 0 Å². The van der Waals surface area contributed by atoms with Gasteiger partial charge in [-0.15, -0.1) is 0 Å². The summed E-state index contributed by atoms with van der Waals surface area (Å²) in [5.41, 5.74) is 1.98. The number of nitrogens with zero attached hydrogens (tertiary/aromatic N) is 1. The molecule has 0 saturated heterocycles. The highest BCUT2D eigenvalue weighted by Crippen LogP contribution is 2.23. The van der Waals surface area contributed by atoms with Gasteiger partial charge >= 0.3 is 5.97 Å². The molecule has 104 valence electrons. The van der Waals surface area contributed by atoms with Crippen molar-refractivity contribution in [1.82, 2.24) is 4.98 Å². The number of carbonyl (C=O) groups excluding carboxylic acids is 1. The number of ether oxygens (including phenoxy) is 1. The van der Waals surface area contributed by atoms with Crippen LogP contribution in [0.3, 0.4) is 0 Å². The molecule has 0 aliphatic heterocycles. The Morgan fingerprint density at radius 1 is 1.30 bits per heavy atom. The van der Waals surface area contributed by atoms with Gasteiger partial charge in [0, 0.05) is 23.9 Å². The number of non-ortho nitro benzene ring substituents is 1. The summed E-state index contributed by atoms with van der Waals surface area (Å²) in [5.74, 6) is -0.403. The lowest BCUT2D eigenvalue weighted by Gasteiger charge is -1.99. The predicted molar refractivity (Wildman–Crippen MR) is 73.5 cm³/mol. The first kappa shape index (κ1) is 13.8. The molecule has 1 aromatic carbocycles. The average Bonchev–Trinajstić information content (AvgIpc) is 2.94. The lowest BCUT2D eigenvalue weighted by molar-refractivity contribution is -0.384. The SMILES string of the molecule is CCCOC(=O)c1cc(-c2ccc([N+](=O)[O-])cc2)c[nH]1. The van der Waals surface area contributed by atoms with Crippen LogP contribution in [0.15, 0.2) is 36.5 Å². The van der Waals surface area contributed by atoms with Crippen LogP contribution in [-0.2, 0) is 4.74 Å². The molecule has 0 aliphatic carbocycles. The highest BCUT2D eigenvalue weighted by molar-refractivity contribution is 5.89. The van der Waals surface area contributed by atoms with Crippen molar-refractivity contribution in [3.63, 3.8) is 0 Å². The topological polar surface area (TPSA) is 85.2 Å². The highest BCUT2D eigenvalue weighted by atomic mass is 16.6. The van der Waals surface area contributed by atoms with Gasteiger partial charge in [-0.3, -0.25) is 10.1 Å². The van der Waals surface area contributed by atoms with E-state index in [-0.39, 0.29) is 5.69 Å². The van der Waals surface area contributed by atoms with Crippen molar-refractivity contribution < 1.29 is 14.5 Å². The normalized spacial score (nSPS) is 10.2. The largest absolute Gasteiger partial charge is 0.461 e. The number of aromatic nitrogens is 1. The van der Waals surface area contributed by atoms with Crippen molar-refractivity contribution in [2.24, 2.45) is 0 Å². The Bertz CT molecular complexity index is 616. The Hall–Kier alpha value is -2.63. The molecule has 0 saturated carbocycles. The van der Waals surface area contributed by atoms with Gasteiger partial charge in [0.1, 0.15) is 5.69 Å². The number of hydrogen-bond acceptors (Lipinski definition) is 4. The molecule has 6 heteroatoms. The van der Waals surface area contributed by atoms with Gasteiger partial charge in [0.25, 0.3) is 5.69 Å². The van der Waals surface area contributed by atoms with Gasteiger partial charge in [0.05, 0.1) is 11.5 Å². The van der Waals surface area contributed by atoms with Crippen LogP contribution >= 0.6 is 0 Å². The van der Waals surface area contributed by atoms with Crippen molar-refractivity contribution in [1.29, 1.82) is 0 Å². The monoisotopic (exact) mass is 274 g/mol. The van der Waals surface area contributed by atoms with Crippen LogP contribution in [-0.4, -0.2) is 22.5 Å². The summed E-state index contributed by atoms with van der Waals surface area (Å²) in [6.45, 7) is 2.30. The maximum atomic E-state index is 11.6. The van der Waals surface area contributed by atoms with E-state index in [1.54, 1.807) is 24.4 Å². The van der Waals surface area contributed by atoms with Crippen LogP contribution in [0.25, 0.3) is 11.1 Å². The Morgan fingerprint density at radius 2 is 2.00 bits per heavy atom. The lowest BCUT2D eigenvalue weighted by Crippen LogP contribution is -2.05. The minimum Gasteiger partial charge on any atom is -0.461 e. The van der Waals surface area contributed by atoms with Crippen molar-refractivity contribution >= 4 is 11.7 Å². The molecular formula is C14H14N2O4. The van der Waals surface area contributed by atoms with Gasteiger partial charge in [-0.25, -0.2) is 4.79 Å². The number of nitro groups is 1. The molecule has 1 heterocycles. The zero-order valence-corrected chi connectivity index (χ0v) is 11.0. The number of nitro benzene ring substituents is 1. The van der Waals surface area contributed by atoms with Gasteiger partial charge in [0.15, 0.2) is 0 Å². The third-order valence-corrected chi connectivity index (χ3v) is 2.75. The summed E-state index contributed by atoms with van der Waals surface area (Å²) in [5, 5.41) is 10.6. The molecule has 1 aromatic heterocycles. The van der Waals surface area contributed by atoms with E-state index in [1.807, 2.05) is 6.92 Å². The molecule has 0 aliphatic rings. The third kappa shape index (κ3) is 3.03. The summed E-state index contributed by atoms with van der Waals surface area (Å²) in [6.07, 6.45) is 2.44. The predicted octanol–water partition coefficient (Wildman–Crippen LogP) is 3.16. The smallest absolute Gasteiger partial charge is 0.354 e. The molecule has 1 N–H and O–H groups in total. The van der Waals surface area contributed by atoms with Crippen LogP contribution in [0, 0.1) is 10.1 Å². The summed E-state index contributed by atoms with van der Waals surface area (Å²) in [6, 6.07) is 7.80. The van der Waals surface area contributed by atoms with Crippen LogP contribution in [0.1, 0.15) is 23.8 Å². The fraction of sp³-hybridized carbons (Fsp3) is 0.214. The zero-order chi connectivity index (χ0) is 14.5. The van der Waals surface area contributed by atoms with Crippen LogP contribution in [0.4, 0.5) is 5.69 Å². The number of nitrogens with one attached hydrogen (secondary N) is 1. The second kappa shape index (κ2) is 6.01. The number of benzene rings is 1. The first-order chi connectivity index (χ1) is 9.61. The van der Waals surface area contributed by atoms with E-state index < -0.39 is 10.9 Å². The van der Waals surface area contributed by atoms with Gasteiger partial charge in [0.2, 0.25) is 0 Å². The second-order valence-corrected chi connectivity index (χ2v) is 4.24. The molecule has 0 unspecified atom stereocenters. The summed E-state index contributed by atoms with van der Waals surface area (Å²) >= 11 is 0. The minimum absolute atomic E-state index is 0.0341. The molecule has 2 rings (SSSR count). The Morgan fingerprint density at radius 3 is 2.60 bits per heavy atom. The van der Waals surface area contributed by atoms with Crippen LogP contribution < -0.4 is 0 Å². The quantitative estimate of drug-likeness (QED) is 0.515. The number of carbonyl (C=O) groups is 1. The number of hydrogen-bond donors (Lipinski definition) is 1. The van der Waals surface area contributed by atoms with E-state index in [0.29, 0.717) is 12.3 Å². The summed E-state index contributed by atoms with van der Waals surface area (Å²) in [4.78, 5) is 24.6. The zero-order valence-electron chi connectivity index (χ0n) is 11.0. The summed E-state index contributed by atoms with van der Waals surface area (Å²) in [7, 11) is 0. The first-order valence-corrected chi connectivity index (χ1v) is 6.22. The maximum absolute atomic E-state index is 11.6.